The van der Waals surface area contributed by atoms with Gasteiger partial charge in [-0.1, -0.05) is 103 Å². The summed E-state index contributed by atoms with van der Waals surface area (Å²) in [5, 5.41) is 6.97. The van der Waals surface area contributed by atoms with Crippen LogP contribution in [0.3, 0.4) is 0 Å². The van der Waals surface area contributed by atoms with Gasteiger partial charge in [0, 0.05) is 50.7 Å². The molecular weight excluding hydrogens is 572 g/mol. The van der Waals surface area contributed by atoms with Crippen LogP contribution >= 0.6 is 0 Å². The summed E-state index contributed by atoms with van der Waals surface area (Å²) in [6.45, 7) is 0. The van der Waals surface area contributed by atoms with E-state index in [-0.39, 0.29) is 0 Å². The molecule has 0 N–H and O–H groups in total. The third-order valence-corrected chi connectivity index (χ3v) is 8.95. The Morgan fingerprint density at radius 3 is 1.49 bits per heavy atom. The van der Waals surface area contributed by atoms with Crippen LogP contribution in [0.25, 0.3) is 43.5 Å². The van der Waals surface area contributed by atoms with Crippen LogP contribution < -0.4 is 9.80 Å². The lowest BCUT2D eigenvalue weighted by Gasteiger charge is -2.30. The van der Waals surface area contributed by atoms with Crippen molar-refractivity contribution in [3.63, 3.8) is 0 Å². The average molecular weight is 603 g/mol. The van der Waals surface area contributed by atoms with E-state index in [2.05, 4.69) is 192 Å². The molecule has 0 aliphatic heterocycles. The SMILES string of the molecule is c1ccc(N(c2cc(N(c3ccccc3)c3ccccc3)c3ccccc3c2)c2ccc3c(c2)oc2cc4ccccc4cc23)cc1. The maximum atomic E-state index is 6.54. The Balaban J connectivity index is 1.28. The molecule has 0 fully saturated rings. The Morgan fingerprint density at radius 1 is 0.298 bits per heavy atom. The first-order valence-electron chi connectivity index (χ1n) is 15.9. The molecule has 0 aliphatic rings. The zero-order valence-corrected chi connectivity index (χ0v) is 25.6. The second-order valence-electron chi connectivity index (χ2n) is 11.8. The van der Waals surface area contributed by atoms with Gasteiger partial charge in [0.25, 0.3) is 0 Å². The van der Waals surface area contributed by atoms with Gasteiger partial charge < -0.3 is 14.2 Å². The minimum absolute atomic E-state index is 0.866. The van der Waals surface area contributed by atoms with Crippen molar-refractivity contribution in [2.45, 2.75) is 0 Å². The number of hydrogen-bond donors (Lipinski definition) is 0. The van der Waals surface area contributed by atoms with Gasteiger partial charge >= 0.3 is 0 Å². The Hall–Kier alpha value is -6.32. The second-order valence-corrected chi connectivity index (χ2v) is 11.8. The summed E-state index contributed by atoms with van der Waals surface area (Å²) < 4.78 is 6.54. The fourth-order valence-electron chi connectivity index (χ4n) is 6.78. The average Bonchev–Trinajstić information content (AvgIpc) is 3.49. The summed E-state index contributed by atoms with van der Waals surface area (Å²) in [6.07, 6.45) is 0. The van der Waals surface area contributed by atoms with E-state index in [1.54, 1.807) is 0 Å². The fourth-order valence-corrected chi connectivity index (χ4v) is 6.78. The minimum atomic E-state index is 0.866. The fraction of sp³-hybridized carbons (Fsp3) is 0. The molecule has 0 saturated heterocycles. The van der Waals surface area contributed by atoms with Gasteiger partial charge in [0.1, 0.15) is 11.2 Å². The van der Waals surface area contributed by atoms with Gasteiger partial charge in [0.15, 0.2) is 0 Å². The van der Waals surface area contributed by atoms with Gasteiger partial charge in [0.05, 0.1) is 5.69 Å². The molecule has 1 aromatic heterocycles. The molecule has 3 heteroatoms. The van der Waals surface area contributed by atoms with Crippen molar-refractivity contribution in [1.29, 1.82) is 0 Å². The summed E-state index contributed by atoms with van der Waals surface area (Å²) >= 11 is 0. The largest absolute Gasteiger partial charge is 0.456 e. The number of furan rings is 1. The van der Waals surface area contributed by atoms with E-state index in [9.17, 15) is 0 Å². The smallest absolute Gasteiger partial charge is 0.137 e. The molecule has 9 aromatic rings. The molecular formula is C44H30N2O. The van der Waals surface area contributed by atoms with Crippen molar-refractivity contribution >= 4 is 77.6 Å². The predicted molar refractivity (Wildman–Crippen MR) is 198 cm³/mol. The van der Waals surface area contributed by atoms with Crippen molar-refractivity contribution in [1.82, 2.24) is 0 Å². The maximum absolute atomic E-state index is 6.54. The second kappa shape index (κ2) is 11.2. The Kier molecular flexibility index (Phi) is 6.46. The lowest BCUT2D eigenvalue weighted by molar-refractivity contribution is 0.669. The lowest BCUT2D eigenvalue weighted by atomic mass is 10.0. The van der Waals surface area contributed by atoms with E-state index in [0.29, 0.717) is 0 Å². The first kappa shape index (κ1) is 27.0. The molecule has 8 aromatic carbocycles. The number of hydrogen-bond acceptors (Lipinski definition) is 3. The van der Waals surface area contributed by atoms with Crippen LogP contribution in [-0.4, -0.2) is 0 Å². The number of rotatable bonds is 6. The van der Waals surface area contributed by atoms with Crippen molar-refractivity contribution < 1.29 is 4.42 Å². The molecule has 0 spiro atoms. The predicted octanol–water partition coefficient (Wildman–Crippen LogP) is 12.8. The molecule has 222 valence electrons. The third kappa shape index (κ3) is 4.77. The summed E-state index contributed by atoms with van der Waals surface area (Å²) in [7, 11) is 0. The van der Waals surface area contributed by atoms with Crippen LogP contribution in [0, 0.1) is 0 Å². The summed E-state index contributed by atoms with van der Waals surface area (Å²) in [4.78, 5) is 4.68. The summed E-state index contributed by atoms with van der Waals surface area (Å²) in [6, 6.07) is 64.4. The van der Waals surface area contributed by atoms with E-state index in [4.69, 9.17) is 4.42 Å². The molecule has 0 aliphatic carbocycles. The van der Waals surface area contributed by atoms with Crippen LogP contribution in [0.2, 0.25) is 0 Å². The number of anilines is 6. The Morgan fingerprint density at radius 2 is 0.830 bits per heavy atom. The highest BCUT2D eigenvalue weighted by Crippen LogP contribution is 2.45. The summed E-state index contributed by atoms with van der Waals surface area (Å²) in [5.41, 5.74) is 8.23. The lowest BCUT2D eigenvalue weighted by Crippen LogP contribution is -2.13. The quantitative estimate of drug-likeness (QED) is 0.189. The molecule has 3 nitrogen and oxygen atoms in total. The van der Waals surface area contributed by atoms with Crippen molar-refractivity contribution in [2.24, 2.45) is 0 Å². The van der Waals surface area contributed by atoms with E-state index in [1.165, 1.54) is 16.2 Å². The normalized spacial score (nSPS) is 11.4. The van der Waals surface area contributed by atoms with Crippen molar-refractivity contribution in [3.8, 4) is 0 Å². The van der Waals surface area contributed by atoms with Gasteiger partial charge in [-0.2, -0.15) is 0 Å². The third-order valence-electron chi connectivity index (χ3n) is 8.95. The summed E-state index contributed by atoms with van der Waals surface area (Å²) in [5.74, 6) is 0. The van der Waals surface area contributed by atoms with Crippen LogP contribution in [0.15, 0.2) is 186 Å². The first-order chi connectivity index (χ1) is 23.3. The Labute approximate surface area is 273 Å². The highest BCUT2D eigenvalue weighted by atomic mass is 16.3. The van der Waals surface area contributed by atoms with Crippen LogP contribution in [-0.2, 0) is 0 Å². The highest BCUT2D eigenvalue weighted by Gasteiger charge is 2.21. The molecule has 0 unspecified atom stereocenters. The minimum Gasteiger partial charge on any atom is -0.456 e. The molecule has 0 bridgehead atoms. The number of fused-ring (bicyclic) bond motifs is 5. The topological polar surface area (TPSA) is 19.6 Å². The number of para-hydroxylation sites is 3. The van der Waals surface area contributed by atoms with E-state index < -0.39 is 0 Å². The molecule has 47 heavy (non-hydrogen) atoms. The highest BCUT2D eigenvalue weighted by molar-refractivity contribution is 6.11. The molecule has 0 radical (unpaired) electrons. The van der Waals surface area contributed by atoms with Crippen LogP contribution in [0.4, 0.5) is 34.1 Å². The van der Waals surface area contributed by atoms with Gasteiger partial charge in [-0.15, -0.1) is 0 Å². The number of benzene rings is 8. The molecule has 0 saturated carbocycles. The molecule has 9 rings (SSSR count). The maximum Gasteiger partial charge on any atom is 0.137 e. The van der Waals surface area contributed by atoms with Gasteiger partial charge in [-0.3, -0.25) is 0 Å². The monoisotopic (exact) mass is 602 g/mol. The van der Waals surface area contributed by atoms with E-state index in [1.807, 2.05) is 0 Å². The number of nitrogens with zero attached hydrogens (tertiary/aromatic N) is 2. The molecule has 1 heterocycles. The van der Waals surface area contributed by atoms with Crippen LogP contribution in [0.1, 0.15) is 0 Å². The Bertz CT molecular complexity index is 2480. The van der Waals surface area contributed by atoms with E-state index >= 15 is 0 Å². The zero-order chi connectivity index (χ0) is 31.2. The van der Waals surface area contributed by atoms with Gasteiger partial charge in [-0.05, 0) is 89.0 Å². The van der Waals surface area contributed by atoms with Crippen LogP contribution in [0.5, 0.6) is 0 Å². The van der Waals surface area contributed by atoms with Gasteiger partial charge in [0.2, 0.25) is 0 Å². The van der Waals surface area contributed by atoms with Crippen molar-refractivity contribution in [2.75, 3.05) is 9.80 Å². The first-order valence-corrected chi connectivity index (χ1v) is 15.9. The molecule has 0 atom stereocenters. The van der Waals surface area contributed by atoms with Crippen molar-refractivity contribution in [3.05, 3.63) is 182 Å². The van der Waals surface area contributed by atoms with E-state index in [0.717, 1.165) is 61.4 Å². The standard InChI is InChI=1S/C44H30N2O/c1-4-17-34(18-5-1)45(37-24-25-40-41-27-31-14-10-11-15-32(31)28-43(41)47-44(40)30-37)38-26-33-16-12-13-23-39(33)42(29-38)46(35-19-6-2-7-20-35)36-21-8-3-9-22-36/h1-30H. The zero-order valence-electron chi connectivity index (χ0n) is 25.6. The molecule has 0 amide bonds. The van der Waals surface area contributed by atoms with Gasteiger partial charge in [-0.25, -0.2) is 0 Å².